The van der Waals surface area contributed by atoms with Crippen molar-refractivity contribution >= 4 is 34.7 Å². The first-order valence-corrected chi connectivity index (χ1v) is 7.89. The standard InChI is InChI=1S/C13H13N7O4S/c1-18-6-17-11(20(22)23)13(18)25-12-9-10(14-5-15-12)19(7-16-9)4-3-8(21)24-2/h5-7H,3-4H2,1-2H3. The van der Waals surface area contributed by atoms with E-state index in [2.05, 4.69) is 24.7 Å². The lowest BCUT2D eigenvalue weighted by Crippen LogP contribution is -2.06. The molecular formula is C13H13N7O4S. The molecule has 0 saturated carbocycles. The van der Waals surface area contributed by atoms with Crippen LogP contribution >= 0.6 is 11.8 Å². The minimum absolute atomic E-state index is 0.182. The van der Waals surface area contributed by atoms with Gasteiger partial charge in [-0.3, -0.25) is 4.79 Å². The van der Waals surface area contributed by atoms with E-state index in [0.29, 0.717) is 27.8 Å². The van der Waals surface area contributed by atoms with Crippen molar-refractivity contribution < 1.29 is 14.5 Å². The Balaban J connectivity index is 1.93. The van der Waals surface area contributed by atoms with E-state index in [0.717, 1.165) is 11.8 Å². The normalized spacial score (nSPS) is 11.0. The van der Waals surface area contributed by atoms with Crippen molar-refractivity contribution in [2.45, 2.75) is 23.0 Å². The predicted molar refractivity (Wildman–Crippen MR) is 85.9 cm³/mol. The molecule has 3 aromatic rings. The van der Waals surface area contributed by atoms with E-state index in [-0.39, 0.29) is 18.2 Å². The summed E-state index contributed by atoms with van der Waals surface area (Å²) in [6, 6.07) is 0. The number of hydrogen-bond donors (Lipinski definition) is 0. The van der Waals surface area contributed by atoms with E-state index in [1.807, 2.05) is 0 Å². The number of esters is 1. The van der Waals surface area contributed by atoms with Crippen molar-refractivity contribution in [3.63, 3.8) is 0 Å². The molecule has 3 rings (SSSR count). The molecule has 0 aliphatic rings. The average molecular weight is 363 g/mol. The maximum absolute atomic E-state index is 11.3. The second-order valence-electron chi connectivity index (χ2n) is 4.96. The molecule has 0 radical (unpaired) electrons. The molecule has 0 aliphatic heterocycles. The number of methoxy groups -OCH3 is 1. The Bertz CT molecular complexity index is 951. The number of nitrogens with zero attached hydrogens (tertiary/aromatic N) is 7. The number of carbonyl (C=O) groups is 1. The predicted octanol–water partition coefficient (Wildman–Crippen LogP) is 1.18. The lowest BCUT2D eigenvalue weighted by molar-refractivity contribution is -0.392. The number of aryl methyl sites for hydroxylation is 2. The van der Waals surface area contributed by atoms with Crippen molar-refractivity contribution in [2.24, 2.45) is 7.05 Å². The monoisotopic (exact) mass is 363 g/mol. The second-order valence-corrected chi connectivity index (χ2v) is 5.94. The average Bonchev–Trinajstić information content (AvgIpc) is 3.17. The zero-order valence-electron chi connectivity index (χ0n) is 13.3. The zero-order chi connectivity index (χ0) is 18.0. The van der Waals surface area contributed by atoms with Gasteiger partial charge in [-0.05, 0) is 21.7 Å². The molecular weight excluding hydrogens is 350 g/mol. The molecule has 0 bridgehead atoms. The van der Waals surface area contributed by atoms with Crippen molar-refractivity contribution in [3.8, 4) is 0 Å². The van der Waals surface area contributed by atoms with Crippen molar-refractivity contribution in [1.82, 2.24) is 29.1 Å². The van der Waals surface area contributed by atoms with Crippen molar-refractivity contribution in [3.05, 3.63) is 29.1 Å². The molecule has 0 spiro atoms. The first-order valence-electron chi connectivity index (χ1n) is 7.07. The maximum Gasteiger partial charge on any atom is 0.396 e. The van der Waals surface area contributed by atoms with E-state index in [9.17, 15) is 14.9 Å². The lowest BCUT2D eigenvalue weighted by Gasteiger charge is -2.04. The summed E-state index contributed by atoms with van der Waals surface area (Å²) in [7, 11) is 2.99. The summed E-state index contributed by atoms with van der Waals surface area (Å²) in [5.74, 6) is -0.583. The van der Waals surface area contributed by atoms with Crippen LogP contribution in [0.2, 0.25) is 0 Å². The van der Waals surface area contributed by atoms with E-state index in [4.69, 9.17) is 0 Å². The first kappa shape index (κ1) is 16.8. The molecule has 130 valence electrons. The molecule has 0 aliphatic carbocycles. The minimum Gasteiger partial charge on any atom is -0.469 e. The number of hydrogen-bond acceptors (Lipinski definition) is 9. The van der Waals surface area contributed by atoms with Crippen LogP contribution in [0.3, 0.4) is 0 Å². The van der Waals surface area contributed by atoms with Gasteiger partial charge in [-0.15, -0.1) is 0 Å². The van der Waals surface area contributed by atoms with Crippen molar-refractivity contribution in [2.75, 3.05) is 7.11 Å². The van der Waals surface area contributed by atoms with Crippen molar-refractivity contribution in [1.29, 1.82) is 0 Å². The van der Waals surface area contributed by atoms with Gasteiger partial charge in [0.1, 0.15) is 16.9 Å². The quantitative estimate of drug-likeness (QED) is 0.274. The maximum atomic E-state index is 11.3. The van der Waals surface area contributed by atoms with Gasteiger partial charge in [-0.2, -0.15) is 0 Å². The smallest absolute Gasteiger partial charge is 0.396 e. The third-order valence-electron chi connectivity index (χ3n) is 3.38. The highest BCUT2D eigenvalue weighted by molar-refractivity contribution is 7.99. The lowest BCUT2D eigenvalue weighted by atomic mass is 10.4. The third-order valence-corrected chi connectivity index (χ3v) is 4.54. The summed E-state index contributed by atoms with van der Waals surface area (Å²) >= 11 is 1.09. The Labute approximate surface area is 145 Å². The van der Waals surface area contributed by atoms with Crippen LogP contribution in [-0.2, 0) is 23.1 Å². The molecule has 0 fully saturated rings. The highest BCUT2D eigenvalue weighted by Gasteiger charge is 2.23. The molecule has 25 heavy (non-hydrogen) atoms. The number of imidazole rings is 2. The summed E-state index contributed by atoms with van der Waals surface area (Å²) in [4.78, 5) is 38.2. The first-order chi connectivity index (χ1) is 12.0. The minimum atomic E-state index is -0.546. The number of rotatable bonds is 6. The molecule has 3 aromatic heterocycles. The summed E-state index contributed by atoms with van der Waals surface area (Å²) in [5, 5.41) is 11.9. The molecule has 11 nitrogen and oxygen atoms in total. The molecule has 0 atom stereocenters. The molecule has 0 saturated heterocycles. The molecule has 0 unspecified atom stereocenters. The molecule has 3 heterocycles. The highest BCUT2D eigenvalue weighted by atomic mass is 32.2. The van der Waals surface area contributed by atoms with E-state index in [1.165, 1.54) is 19.8 Å². The van der Waals surface area contributed by atoms with Crippen LogP contribution in [0.25, 0.3) is 11.2 Å². The van der Waals surface area contributed by atoms with Gasteiger partial charge in [0.15, 0.2) is 10.7 Å². The van der Waals surface area contributed by atoms with Crippen LogP contribution in [0.5, 0.6) is 0 Å². The summed E-state index contributed by atoms with van der Waals surface area (Å²) in [6.45, 7) is 0.357. The fourth-order valence-corrected chi connectivity index (χ4v) is 3.09. The Morgan fingerprint density at radius 3 is 2.84 bits per heavy atom. The van der Waals surface area contributed by atoms with Crippen LogP contribution in [0.1, 0.15) is 6.42 Å². The fourth-order valence-electron chi connectivity index (χ4n) is 2.15. The molecule has 0 aromatic carbocycles. The van der Waals surface area contributed by atoms with E-state index >= 15 is 0 Å². The third kappa shape index (κ3) is 3.28. The van der Waals surface area contributed by atoms with Gasteiger partial charge in [-0.1, -0.05) is 0 Å². The van der Waals surface area contributed by atoms with Gasteiger partial charge in [0.2, 0.25) is 6.33 Å². The highest BCUT2D eigenvalue weighted by Crippen LogP contribution is 2.35. The molecule has 0 N–H and O–H groups in total. The number of nitro groups is 1. The van der Waals surface area contributed by atoms with Gasteiger partial charge in [0.05, 0.1) is 19.9 Å². The topological polar surface area (TPSA) is 131 Å². The number of fused-ring (bicyclic) bond motifs is 1. The Morgan fingerprint density at radius 1 is 1.32 bits per heavy atom. The van der Waals surface area contributed by atoms with Gasteiger partial charge in [0.25, 0.3) is 0 Å². The Kier molecular flexibility index (Phi) is 4.61. The largest absolute Gasteiger partial charge is 0.469 e. The van der Waals surface area contributed by atoms with Gasteiger partial charge >= 0.3 is 11.8 Å². The van der Waals surface area contributed by atoms with E-state index < -0.39 is 4.92 Å². The van der Waals surface area contributed by atoms with E-state index in [1.54, 1.807) is 22.5 Å². The van der Waals surface area contributed by atoms with Gasteiger partial charge in [-0.25, -0.2) is 15.0 Å². The van der Waals surface area contributed by atoms with Gasteiger partial charge < -0.3 is 24.0 Å². The number of aromatic nitrogens is 6. The molecule has 12 heteroatoms. The Hall–Kier alpha value is -3.02. The summed E-state index contributed by atoms with van der Waals surface area (Å²) in [6.07, 6.45) is 4.45. The van der Waals surface area contributed by atoms with Crippen LogP contribution in [-0.4, -0.2) is 47.1 Å². The number of ether oxygens (including phenoxy) is 1. The van der Waals surface area contributed by atoms with Crippen LogP contribution in [0.4, 0.5) is 5.82 Å². The zero-order valence-corrected chi connectivity index (χ0v) is 14.1. The molecule has 0 amide bonds. The van der Waals surface area contributed by atoms with Crippen LogP contribution in [0.15, 0.2) is 29.0 Å². The van der Waals surface area contributed by atoms with Crippen LogP contribution < -0.4 is 0 Å². The van der Waals surface area contributed by atoms with Gasteiger partial charge in [0, 0.05) is 13.6 Å². The van der Waals surface area contributed by atoms with Crippen LogP contribution in [0, 0.1) is 10.1 Å². The SMILES string of the molecule is COC(=O)CCn1cnc2c(Sc3c([N+](=O)[O-])ncn3C)ncnc21. The Morgan fingerprint density at radius 2 is 2.12 bits per heavy atom. The summed E-state index contributed by atoms with van der Waals surface area (Å²) in [5.41, 5.74) is 1.03. The second kappa shape index (κ2) is 6.84. The number of carbonyl (C=O) groups excluding carboxylic acids is 1. The summed E-state index contributed by atoms with van der Waals surface area (Å²) < 4.78 is 7.87. The fraction of sp³-hybridized carbons (Fsp3) is 0.308.